The van der Waals surface area contributed by atoms with Crippen LogP contribution in [0.25, 0.3) is 0 Å². The van der Waals surface area contributed by atoms with Gasteiger partial charge >= 0.3 is 0 Å². The fourth-order valence-electron chi connectivity index (χ4n) is 1.84. The van der Waals surface area contributed by atoms with E-state index in [1.807, 2.05) is 4.90 Å². The maximum atomic E-state index is 11.3. The zero-order valence-electron chi connectivity index (χ0n) is 9.47. The number of anilines is 1. The van der Waals surface area contributed by atoms with Gasteiger partial charge in [-0.1, -0.05) is 0 Å². The van der Waals surface area contributed by atoms with Crippen LogP contribution in [0.5, 0.6) is 0 Å². The van der Waals surface area contributed by atoms with Crippen molar-refractivity contribution in [3.05, 3.63) is 23.9 Å². The molecule has 2 N–H and O–H groups in total. The summed E-state index contributed by atoms with van der Waals surface area (Å²) in [5.74, 6) is 0.133. The fraction of sp³-hybridized carbons (Fsp3) is 0.417. The van der Waals surface area contributed by atoms with Gasteiger partial charge in [0.2, 0.25) is 0 Å². The molecule has 0 spiro atoms. The van der Waals surface area contributed by atoms with Crippen LogP contribution in [0, 0.1) is 11.3 Å². The number of hydrogen-bond donors (Lipinski definition) is 1. The van der Waals surface area contributed by atoms with Gasteiger partial charge in [-0.2, -0.15) is 5.26 Å². The number of amides is 1. The molecule has 0 unspecified atom stereocenters. The molecule has 1 aromatic heterocycles. The molecule has 1 aliphatic rings. The number of carbonyl (C=O) groups excluding carboxylic acids is 1. The highest BCUT2D eigenvalue weighted by Gasteiger charge is 2.31. The van der Waals surface area contributed by atoms with E-state index in [4.69, 9.17) is 11.0 Å². The predicted molar refractivity (Wildman–Crippen MR) is 63.4 cm³/mol. The molecule has 1 aliphatic carbocycles. The Labute approximate surface area is 99.9 Å². The van der Waals surface area contributed by atoms with Gasteiger partial charge in [0.1, 0.15) is 5.82 Å². The zero-order chi connectivity index (χ0) is 12.3. The summed E-state index contributed by atoms with van der Waals surface area (Å²) in [6.07, 6.45) is 4.23. The first-order valence-electron chi connectivity index (χ1n) is 5.62. The molecule has 2 rings (SSSR count). The first-order valence-corrected chi connectivity index (χ1v) is 5.62. The van der Waals surface area contributed by atoms with Crippen LogP contribution in [-0.4, -0.2) is 23.5 Å². The highest BCUT2D eigenvalue weighted by Crippen LogP contribution is 2.32. The van der Waals surface area contributed by atoms with Crippen molar-refractivity contribution < 1.29 is 4.79 Å². The minimum absolute atomic E-state index is 0.399. The van der Waals surface area contributed by atoms with Crippen LogP contribution < -0.4 is 10.6 Å². The van der Waals surface area contributed by atoms with Crippen molar-refractivity contribution in [2.75, 3.05) is 11.4 Å². The molecule has 1 fully saturated rings. The Hall–Kier alpha value is -2.09. The van der Waals surface area contributed by atoms with Crippen LogP contribution in [0.3, 0.4) is 0 Å². The fourth-order valence-corrected chi connectivity index (χ4v) is 1.84. The zero-order valence-corrected chi connectivity index (χ0v) is 9.47. The Kier molecular flexibility index (Phi) is 3.24. The molecule has 1 saturated carbocycles. The van der Waals surface area contributed by atoms with Crippen LogP contribution in [0.2, 0.25) is 0 Å². The van der Waals surface area contributed by atoms with Gasteiger partial charge in [0.15, 0.2) is 0 Å². The molecular formula is C12H14N4O. The van der Waals surface area contributed by atoms with Crippen molar-refractivity contribution in [2.45, 2.75) is 25.3 Å². The summed E-state index contributed by atoms with van der Waals surface area (Å²) >= 11 is 0. The van der Waals surface area contributed by atoms with E-state index >= 15 is 0 Å². The maximum absolute atomic E-state index is 11.3. The molecule has 0 bridgehead atoms. The minimum Gasteiger partial charge on any atom is -0.365 e. The minimum atomic E-state index is -0.476. The molecule has 0 aromatic carbocycles. The van der Waals surface area contributed by atoms with Gasteiger partial charge in [0.25, 0.3) is 5.91 Å². The van der Waals surface area contributed by atoms with E-state index in [0.29, 0.717) is 30.4 Å². The lowest BCUT2D eigenvalue weighted by Gasteiger charge is -2.23. The first kappa shape index (κ1) is 11.4. The molecule has 5 nitrogen and oxygen atoms in total. The largest absolute Gasteiger partial charge is 0.365 e. The second-order valence-corrected chi connectivity index (χ2v) is 4.07. The number of nitrogens with zero attached hydrogens (tertiary/aromatic N) is 3. The molecule has 0 saturated heterocycles. The van der Waals surface area contributed by atoms with Gasteiger partial charge in [0.05, 0.1) is 18.1 Å². The van der Waals surface area contributed by atoms with Crippen LogP contribution >= 0.6 is 0 Å². The molecule has 88 valence electrons. The Morgan fingerprint density at radius 3 is 3.00 bits per heavy atom. The van der Waals surface area contributed by atoms with Crippen molar-refractivity contribution in [3.63, 3.8) is 0 Å². The monoisotopic (exact) mass is 230 g/mol. The first-order chi connectivity index (χ1) is 8.24. The van der Waals surface area contributed by atoms with Crippen molar-refractivity contribution in [2.24, 2.45) is 5.73 Å². The van der Waals surface area contributed by atoms with Gasteiger partial charge in [-0.25, -0.2) is 4.98 Å². The number of nitriles is 1. The third-order valence-electron chi connectivity index (χ3n) is 2.78. The number of primary amides is 1. The number of nitrogens with two attached hydrogens (primary N) is 1. The Morgan fingerprint density at radius 1 is 1.65 bits per heavy atom. The molecule has 0 radical (unpaired) electrons. The standard InChI is InChI=1S/C12H14N4O/c13-6-2-8-16(9-4-5-9)12-10(11(14)17)3-1-7-15-12/h1,3,7,9H,2,4-5,8H2,(H2,14,17). The average Bonchev–Trinajstić information content (AvgIpc) is 3.14. The Morgan fingerprint density at radius 2 is 2.41 bits per heavy atom. The maximum Gasteiger partial charge on any atom is 0.252 e. The summed E-state index contributed by atoms with van der Waals surface area (Å²) in [5, 5.41) is 8.65. The van der Waals surface area contributed by atoms with Crippen LogP contribution in [0.15, 0.2) is 18.3 Å². The predicted octanol–water partition coefficient (Wildman–Crippen LogP) is 1.06. The van der Waals surface area contributed by atoms with Gasteiger partial charge in [-0.15, -0.1) is 0 Å². The van der Waals surface area contributed by atoms with E-state index in [0.717, 1.165) is 12.8 Å². The average molecular weight is 230 g/mol. The molecule has 1 heterocycles. The third kappa shape index (κ3) is 2.53. The molecule has 1 amide bonds. The number of hydrogen-bond acceptors (Lipinski definition) is 4. The van der Waals surface area contributed by atoms with Crippen LogP contribution in [0.1, 0.15) is 29.6 Å². The molecule has 5 heteroatoms. The van der Waals surface area contributed by atoms with E-state index in [1.54, 1.807) is 18.3 Å². The molecule has 17 heavy (non-hydrogen) atoms. The van der Waals surface area contributed by atoms with E-state index in [2.05, 4.69) is 11.1 Å². The summed E-state index contributed by atoms with van der Waals surface area (Å²) in [5.41, 5.74) is 5.76. The summed E-state index contributed by atoms with van der Waals surface area (Å²) < 4.78 is 0. The van der Waals surface area contributed by atoms with Gasteiger partial charge in [0, 0.05) is 18.8 Å². The SMILES string of the molecule is N#CCCN(c1ncccc1C(N)=O)C1CC1. The summed E-state index contributed by atoms with van der Waals surface area (Å²) in [7, 11) is 0. The second-order valence-electron chi connectivity index (χ2n) is 4.07. The Bertz CT molecular complexity index is 462. The Balaban J connectivity index is 2.29. The number of rotatable bonds is 5. The lowest BCUT2D eigenvalue weighted by Crippen LogP contribution is -2.30. The lowest BCUT2D eigenvalue weighted by molar-refractivity contribution is 0.100. The van der Waals surface area contributed by atoms with Crippen LogP contribution in [0.4, 0.5) is 5.82 Å². The van der Waals surface area contributed by atoms with Gasteiger partial charge in [-0.3, -0.25) is 4.79 Å². The van der Waals surface area contributed by atoms with E-state index in [-0.39, 0.29) is 0 Å². The van der Waals surface area contributed by atoms with E-state index in [9.17, 15) is 4.79 Å². The van der Waals surface area contributed by atoms with Crippen molar-refractivity contribution in [1.29, 1.82) is 5.26 Å². The third-order valence-corrected chi connectivity index (χ3v) is 2.78. The lowest BCUT2D eigenvalue weighted by atomic mass is 10.2. The molecule has 0 aliphatic heterocycles. The summed E-state index contributed by atoms with van der Waals surface area (Å²) in [4.78, 5) is 17.6. The van der Waals surface area contributed by atoms with E-state index < -0.39 is 5.91 Å². The normalized spacial score (nSPS) is 14.1. The molecule has 0 atom stereocenters. The van der Waals surface area contributed by atoms with Crippen molar-refractivity contribution >= 4 is 11.7 Å². The topological polar surface area (TPSA) is 83.0 Å². The molecule has 1 aromatic rings. The molecular weight excluding hydrogens is 216 g/mol. The highest BCUT2D eigenvalue weighted by molar-refractivity contribution is 5.97. The number of carbonyl (C=O) groups is 1. The number of pyridine rings is 1. The van der Waals surface area contributed by atoms with Crippen molar-refractivity contribution in [1.82, 2.24) is 4.98 Å². The van der Waals surface area contributed by atoms with Gasteiger partial charge < -0.3 is 10.6 Å². The van der Waals surface area contributed by atoms with E-state index in [1.165, 1.54) is 0 Å². The number of aromatic nitrogens is 1. The van der Waals surface area contributed by atoms with Crippen LogP contribution in [-0.2, 0) is 0 Å². The summed E-state index contributed by atoms with van der Waals surface area (Å²) in [6, 6.07) is 5.88. The smallest absolute Gasteiger partial charge is 0.252 e. The second kappa shape index (κ2) is 4.83. The summed E-state index contributed by atoms with van der Waals surface area (Å²) in [6.45, 7) is 0.596. The van der Waals surface area contributed by atoms with Crippen molar-refractivity contribution in [3.8, 4) is 6.07 Å². The van der Waals surface area contributed by atoms with Gasteiger partial charge in [-0.05, 0) is 25.0 Å². The quantitative estimate of drug-likeness (QED) is 0.819. The highest BCUT2D eigenvalue weighted by atomic mass is 16.1.